The van der Waals surface area contributed by atoms with E-state index in [1.54, 1.807) is 18.2 Å². The quantitative estimate of drug-likeness (QED) is 0.339. The summed E-state index contributed by atoms with van der Waals surface area (Å²) in [6.07, 6.45) is 0. The molecule has 1 N–H and O–H groups in total. The lowest BCUT2D eigenvalue weighted by Crippen LogP contribution is -1.94. The van der Waals surface area contributed by atoms with Crippen LogP contribution in [0.3, 0.4) is 0 Å². The third-order valence-corrected chi connectivity index (χ3v) is 4.77. The van der Waals surface area contributed by atoms with Crippen LogP contribution in [0.4, 0.5) is 11.4 Å². The number of nitrogens with one attached hydrogen (secondary N) is 1. The van der Waals surface area contributed by atoms with Gasteiger partial charge in [0.25, 0.3) is 11.4 Å². The van der Waals surface area contributed by atoms with Crippen molar-refractivity contribution in [3.63, 3.8) is 0 Å². The third-order valence-electron chi connectivity index (χ3n) is 4.77. The van der Waals surface area contributed by atoms with Crippen molar-refractivity contribution in [1.82, 2.24) is 9.97 Å². The van der Waals surface area contributed by atoms with Gasteiger partial charge in [-0.3, -0.25) is 20.2 Å². The standard InChI is InChI=1S/C22H16N4O5/c1-31-19-12-11-15(25(27)28)13-17(19)21-20(14-7-3-2-4-8-14)23-22(24-21)16-9-5-6-10-18(16)26(29)30/h2-13H,1H3,(H,23,24). The van der Waals surface area contributed by atoms with Crippen molar-refractivity contribution in [1.29, 1.82) is 0 Å². The Labute approximate surface area is 176 Å². The lowest BCUT2D eigenvalue weighted by atomic mass is 10.0. The van der Waals surface area contributed by atoms with E-state index in [1.165, 1.54) is 31.4 Å². The van der Waals surface area contributed by atoms with Crippen LogP contribution in [0.25, 0.3) is 33.9 Å². The summed E-state index contributed by atoms with van der Waals surface area (Å²) in [5.74, 6) is 0.676. The highest BCUT2D eigenvalue weighted by Crippen LogP contribution is 2.40. The van der Waals surface area contributed by atoms with Gasteiger partial charge in [-0.15, -0.1) is 0 Å². The number of aromatic nitrogens is 2. The van der Waals surface area contributed by atoms with E-state index in [2.05, 4.69) is 9.97 Å². The average Bonchev–Trinajstić information content (AvgIpc) is 3.24. The molecule has 0 saturated carbocycles. The van der Waals surface area contributed by atoms with Crippen LogP contribution in [-0.4, -0.2) is 26.9 Å². The highest BCUT2D eigenvalue weighted by molar-refractivity contribution is 5.85. The fourth-order valence-electron chi connectivity index (χ4n) is 3.34. The topological polar surface area (TPSA) is 124 Å². The van der Waals surface area contributed by atoms with Crippen LogP contribution in [0.2, 0.25) is 0 Å². The number of imidazole rings is 1. The number of aromatic amines is 1. The van der Waals surface area contributed by atoms with Crippen LogP contribution in [0.5, 0.6) is 5.75 Å². The molecule has 4 aromatic rings. The molecule has 0 aliphatic carbocycles. The Bertz CT molecular complexity index is 1280. The number of methoxy groups -OCH3 is 1. The van der Waals surface area contributed by atoms with Gasteiger partial charge in [-0.2, -0.15) is 0 Å². The van der Waals surface area contributed by atoms with E-state index in [0.717, 1.165) is 5.56 Å². The molecule has 0 saturated heterocycles. The number of nitro groups is 2. The van der Waals surface area contributed by atoms with Crippen LogP contribution >= 0.6 is 0 Å². The SMILES string of the molecule is COc1ccc([N+](=O)[O-])cc1-c1[nH]c(-c2ccccc2[N+](=O)[O-])nc1-c1ccccc1. The predicted octanol–water partition coefficient (Wildman–Crippen LogP) is 5.24. The minimum atomic E-state index is -0.496. The van der Waals surface area contributed by atoms with E-state index < -0.39 is 9.85 Å². The lowest BCUT2D eigenvalue weighted by Gasteiger charge is -2.09. The molecule has 1 heterocycles. The molecule has 0 bridgehead atoms. The Morgan fingerprint density at radius 3 is 2.26 bits per heavy atom. The molecule has 0 fully saturated rings. The van der Waals surface area contributed by atoms with Gasteiger partial charge in [0.1, 0.15) is 11.6 Å². The van der Waals surface area contributed by atoms with Crippen molar-refractivity contribution in [2.75, 3.05) is 7.11 Å². The zero-order valence-electron chi connectivity index (χ0n) is 16.3. The Kier molecular flexibility index (Phi) is 5.15. The van der Waals surface area contributed by atoms with Crippen molar-refractivity contribution >= 4 is 11.4 Å². The summed E-state index contributed by atoms with van der Waals surface area (Å²) in [6, 6.07) is 19.7. The zero-order valence-corrected chi connectivity index (χ0v) is 16.3. The van der Waals surface area contributed by atoms with E-state index in [0.29, 0.717) is 28.3 Å². The first-order valence-electron chi connectivity index (χ1n) is 9.21. The van der Waals surface area contributed by atoms with Gasteiger partial charge in [-0.05, 0) is 12.1 Å². The van der Waals surface area contributed by atoms with Crippen molar-refractivity contribution < 1.29 is 14.6 Å². The van der Waals surface area contributed by atoms with Crippen molar-refractivity contribution in [2.45, 2.75) is 0 Å². The van der Waals surface area contributed by atoms with Crippen molar-refractivity contribution in [3.8, 4) is 39.7 Å². The summed E-state index contributed by atoms with van der Waals surface area (Å²) in [5, 5.41) is 22.9. The predicted molar refractivity (Wildman–Crippen MR) is 115 cm³/mol. The third kappa shape index (κ3) is 3.71. The minimum Gasteiger partial charge on any atom is -0.496 e. The number of ether oxygens (including phenoxy) is 1. The summed E-state index contributed by atoms with van der Waals surface area (Å²) in [7, 11) is 1.46. The number of hydrogen-bond acceptors (Lipinski definition) is 6. The summed E-state index contributed by atoms with van der Waals surface area (Å²) >= 11 is 0. The fraction of sp³-hybridized carbons (Fsp3) is 0.0455. The maximum atomic E-state index is 11.5. The van der Waals surface area contributed by atoms with E-state index >= 15 is 0 Å². The van der Waals surface area contributed by atoms with E-state index in [1.807, 2.05) is 30.3 Å². The van der Waals surface area contributed by atoms with E-state index in [4.69, 9.17) is 4.74 Å². The number of non-ortho nitro benzene ring substituents is 1. The van der Waals surface area contributed by atoms with Gasteiger partial charge in [0.2, 0.25) is 0 Å². The Morgan fingerprint density at radius 1 is 0.871 bits per heavy atom. The molecule has 9 nitrogen and oxygen atoms in total. The van der Waals surface area contributed by atoms with Gasteiger partial charge < -0.3 is 9.72 Å². The Balaban J connectivity index is 2.01. The number of benzene rings is 3. The van der Waals surface area contributed by atoms with Gasteiger partial charge in [-0.1, -0.05) is 42.5 Å². The average molecular weight is 416 g/mol. The minimum absolute atomic E-state index is 0.103. The van der Waals surface area contributed by atoms with Crippen LogP contribution in [0, 0.1) is 20.2 Å². The molecule has 9 heteroatoms. The van der Waals surface area contributed by atoms with Crippen LogP contribution in [0.1, 0.15) is 0 Å². The molecule has 0 spiro atoms. The van der Waals surface area contributed by atoms with Crippen molar-refractivity contribution in [3.05, 3.63) is 93.0 Å². The number of rotatable bonds is 6. The number of nitro benzene ring substituents is 2. The van der Waals surface area contributed by atoms with Gasteiger partial charge >= 0.3 is 0 Å². The largest absolute Gasteiger partial charge is 0.496 e. The Hall–Kier alpha value is -4.53. The zero-order chi connectivity index (χ0) is 22.0. The second kappa shape index (κ2) is 8.07. The number of nitrogens with zero attached hydrogens (tertiary/aromatic N) is 3. The fourth-order valence-corrected chi connectivity index (χ4v) is 3.34. The van der Waals surface area contributed by atoms with Crippen LogP contribution in [0.15, 0.2) is 72.8 Å². The number of para-hydroxylation sites is 1. The molecule has 0 amide bonds. The second-order valence-electron chi connectivity index (χ2n) is 6.59. The molecule has 1 aromatic heterocycles. The summed E-state index contributed by atoms with van der Waals surface area (Å²) in [6.45, 7) is 0. The molecule has 0 aliphatic rings. The molecule has 0 aliphatic heterocycles. The van der Waals surface area contributed by atoms with Gasteiger partial charge in [0, 0.05) is 29.3 Å². The normalized spacial score (nSPS) is 10.6. The Morgan fingerprint density at radius 2 is 1.58 bits per heavy atom. The summed E-state index contributed by atoms with van der Waals surface area (Å²) in [4.78, 5) is 29.7. The smallest absolute Gasteiger partial charge is 0.280 e. The maximum absolute atomic E-state index is 11.5. The molecular formula is C22H16N4O5. The number of H-pyrrole nitrogens is 1. The molecule has 0 unspecified atom stereocenters. The second-order valence-corrected chi connectivity index (χ2v) is 6.59. The van der Waals surface area contributed by atoms with Crippen LogP contribution < -0.4 is 4.74 Å². The maximum Gasteiger partial charge on any atom is 0.280 e. The first-order chi connectivity index (χ1) is 15.0. The highest BCUT2D eigenvalue weighted by Gasteiger charge is 2.23. The molecule has 154 valence electrons. The molecule has 4 rings (SSSR count). The monoisotopic (exact) mass is 416 g/mol. The summed E-state index contributed by atoms with van der Waals surface area (Å²) < 4.78 is 5.42. The van der Waals surface area contributed by atoms with E-state index in [-0.39, 0.29) is 17.2 Å². The highest BCUT2D eigenvalue weighted by atomic mass is 16.6. The molecule has 31 heavy (non-hydrogen) atoms. The van der Waals surface area contributed by atoms with Gasteiger partial charge in [0.15, 0.2) is 0 Å². The van der Waals surface area contributed by atoms with Crippen molar-refractivity contribution in [2.24, 2.45) is 0 Å². The van der Waals surface area contributed by atoms with Crippen LogP contribution in [-0.2, 0) is 0 Å². The molecule has 0 radical (unpaired) electrons. The summed E-state index contributed by atoms with van der Waals surface area (Å²) in [5.41, 5.74) is 2.21. The first-order valence-corrected chi connectivity index (χ1v) is 9.21. The van der Waals surface area contributed by atoms with Gasteiger partial charge in [0.05, 0.1) is 33.9 Å². The first kappa shape index (κ1) is 19.8. The number of hydrogen-bond donors (Lipinski definition) is 1. The van der Waals surface area contributed by atoms with Gasteiger partial charge in [-0.25, -0.2) is 4.98 Å². The lowest BCUT2D eigenvalue weighted by molar-refractivity contribution is -0.384. The van der Waals surface area contributed by atoms with E-state index in [9.17, 15) is 20.2 Å². The molecular weight excluding hydrogens is 400 g/mol. The molecule has 0 atom stereocenters. The molecule has 3 aromatic carbocycles.